The van der Waals surface area contributed by atoms with Crippen LogP contribution in [0, 0.1) is 10.1 Å². The van der Waals surface area contributed by atoms with Gasteiger partial charge in [0.25, 0.3) is 11.2 Å². The van der Waals surface area contributed by atoms with Crippen LogP contribution >= 0.6 is 0 Å². The van der Waals surface area contributed by atoms with Gasteiger partial charge in [0, 0.05) is 44.0 Å². The SMILES string of the molecule is Cn1c(=O)c(N2CCN(C(=O)C(F)(F)F)c3c2cccc3[N+](=O)[O-])cc2cnc(S(C)(=O)=O)nc21. The Morgan fingerprint density at radius 1 is 1.20 bits per heavy atom. The maximum Gasteiger partial charge on any atom is 0.471 e. The minimum absolute atomic E-state index is 0.0145. The van der Waals surface area contributed by atoms with Gasteiger partial charge in [-0.1, -0.05) is 6.07 Å². The first kappa shape index (κ1) is 24.1. The number of nitro groups is 1. The standard InChI is InChI=1S/C19H15F3N6O6S/c1-25-15-10(9-23-18(24-15)35(2,33)34)8-13(16(25)29)26-6-7-27(17(30)19(20,21)22)14-11(26)4-3-5-12(14)28(31)32/h3-5,8-9H,6-7H2,1-2H3. The topological polar surface area (TPSA) is 149 Å². The summed E-state index contributed by atoms with van der Waals surface area (Å²) in [5.41, 5.74) is -2.31. The van der Waals surface area contributed by atoms with E-state index in [0.717, 1.165) is 16.9 Å². The number of rotatable bonds is 3. The van der Waals surface area contributed by atoms with Crippen LogP contribution in [0.4, 0.5) is 35.9 Å². The van der Waals surface area contributed by atoms with Crippen molar-refractivity contribution >= 4 is 49.5 Å². The van der Waals surface area contributed by atoms with Crippen LogP contribution in [-0.2, 0) is 21.7 Å². The average Bonchev–Trinajstić information content (AvgIpc) is 2.78. The summed E-state index contributed by atoms with van der Waals surface area (Å²) >= 11 is 0. The van der Waals surface area contributed by atoms with E-state index >= 15 is 0 Å². The number of halogens is 3. The number of aryl methyl sites for hydroxylation is 1. The molecule has 1 aromatic carbocycles. The molecule has 0 saturated carbocycles. The van der Waals surface area contributed by atoms with Gasteiger partial charge in [0.1, 0.15) is 17.0 Å². The summed E-state index contributed by atoms with van der Waals surface area (Å²) < 4.78 is 64.2. The fraction of sp³-hybridized carbons (Fsp3) is 0.263. The summed E-state index contributed by atoms with van der Waals surface area (Å²) in [4.78, 5) is 45.1. The van der Waals surface area contributed by atoms with Crippen LogP contribution in [0.25, 0.3) is 11.0 Å². The number of amides is 1. The molecule has 0 radical (unpaired) electrons. The van der Waals surface area contributed by atoms with E-state index in [0.29, 0.717) is 0 Å². The zero-order chi connectivity index (χ0) is 25.9. The first-order chi connectivity index (χ1) is 16.2. The van der Waals surface area contributed by atoms with Crippen molar-refractivity contribution in [3.63, 3.8) is 0 Å². The molecule has 0 saturated heterocycles. The van der Waals surface area contributed by atoms with Gasteiger partial charge in [-0.05, 0) is 12.1 Å². The van der Waals surface area contributed by atoms with Gasteiger partial charge in [-0.3, -0.25) is 29.2 Å². The number of nitro benzene ring substituents is 1. The van der Waals surface area contributed by atoms with Gasteiger partial charge in [0.15, 0.2) is 0 Å². The van der Waals surface area contributed by atoms with Gasteiger partial charge in [-0.2, -0.15) is 18.2 Å². The summed E-state index contributed by atoms with van der Waals surface area (Å²) in [6, 6.07) is 4.73. The number of para-hydroxylation sites is 1. The number of nitrogens with zero attached hydrogens (tertiary/aromatic N) is 6. The van der Waals surface area contributed by atoms with Crippen molar-refractivity contribution in [1.82, 2.24) is 14.5 Å². The molecule has 0 unspecified atom stereocenters. The Morgan fingerprint density at radius 2 is 1.89 bits per heavy atom. The number of aromatic nitrogens is 3. The third-order valence-electron chi connectivity index (χ3n) is 5.32. The van der Waals surface area contributed by atoms with Crippen LogP contribution in [0.1, 0.15) is 0 Å². The number of benzene rings is 1. The molecule has 0 N–H and O–H groups in total. The smallest absolute Gasteiger partial charge is 0.333 e. The van der Waals surface area contributed by atoms with Crippen LogP contribution in [0.3, 0.4) is 0 Å². The van der Waals surface area contributed by atoms with E-state index in [-0.39, 0.29) is 33.9 Å². The number of carbonyl (C=O) groups is 1. The first-order valence-electron chi connectivity index (χ1n) is 9.72. The second-order valence-corrected chi connectivity index (χ2v) is 9.52. The lowest BCUT2D eigenvalue weighted by Gasteiger charge is -2.37. The molecule has 4 rings (SSSR count). The number of alkyl halides is 3. The van der Waals surface area contributed by atoms with Crippen molar-refractivity contribution in [3.05, 3.63) is 50.9 Å². The van der Waals surface area contributed by atoms with Gasteiger partial charge >= 0.3 is 12.1 Å². The molecule has 0 atom stereocenters. The highest BCUT2D eigenvalue weighted by Gasteiger charge is 2.47. The highest BCUT2D eigenvalue weighted by molar-refractivity contribution is 7.90. The van der Waals surface area contributed by atoms with Crippen LogP contribution < -0.4 is 15.4 Å². The number of fused-ring (bicyclic) bond motifs is 2. The van der Waals surface area contributed by atoms with Crippen molar-refractivity contribution in [2.75, 3.05) is 29.1 Å². The molecule has 184 valence electrons. The Bertz CT molecular complexity index is 1570. The fourth-order valence-electron chi connectivity index (χ4n) is 3.79. The van der Waals surface area contributed by atoms with Gasteiger partial charge in [-0.25, -0.2) is 13.4 Å². The molecule has 2 aromatic heterocycles. The Labute approximate surface area is 194 Å². The minimum Gasteiger partial charge on any atom is -0.333 e. The molecule has 35 heavy (non-hydrogen) atoms. The second kappa shape index (κ2) is 8.00. The molecule has 0 aliphatic carbocycles. The normalized spacial score (nSPS) is 14.2. The lowest BCUT2D eigenvalue weighted by atomic mass is 10.1. The fourth-order valence-corrected chi connectivity index (χ4v) is 4.28. The summed E-state index contributed by atoms with van der Waals surface area (Å²) in [5, 5.41) is 11.3. The van der Waals surface area contributed by atoms with E-state index in [1.165, 1.54) is 36.3 Å². The highest BCUT2D eigenvalue weighted by Crippen LogP contribution is 2.44. The number of hydrogen-bond acceptors (Lipinski definition) is 9. The van der Waals surface area contributed by atoms with Crippen LogP contribution in [-0.4, -0.2) is 59.3 Å². The number of pyridine rings is 1. The van der Waals surface area contributed by atoms with E-state index in [2.05, 4.69) is 9.97 Å². The van der Waals surface area contributed by atoms with Crippen molar-refractivity contribution in [2.45, 2.75) is 11.3 Å². The van der Waals surface area contributed by atoms with Crippen LogP contribution in [0.2, 0.25) is 0 Å². The Kier molecular flexibility index (Phi) is 5.50. The van der Waals surface area contributed by atoms with Crippen molar-refractivity contribution in [3.8, 4) is 0 Å². The number of anilines is 3. The Hall–Kier alpha value is -4.08. The van der Waals surface area contributed by atoms with Gasteiger partial charge in [-0.15, -0.1) is 0 Å². The maximum atomic E-state index is 13.2. The molecule has 16 heteroatoms. The molecule has 1 aliphatic heterocycles. The van der Waals surface area contributed by atoms with Crippen molar-refractivity contribution in [1.29, 1.82) is 0 Å². The summed E-state index contributed by atoms with van der Waals surface area (Å²) in [7, 11) is -2.46. The van der Waals surface area contributed by atoms with E-state index in [1.807, 2.05) is 0 Å². The molecule has 3 heterocycles. The summed E-state index contributed by atoms with van der Waals surface area (Å²) in [6.07, 6.45) is -3.22. The zero-order valence-corrected chi connectivity index (χ0v) is 18.8. The van der Waals surface area contributed by atoms with E-state index in [9.17, 15) is 41.3 Å². The van der Waals surface area contributed by atoms with Gasteiger partial charge in [0.05, 0.1) is 10.6 Å². The largest absolute Gasteiger partial charge is 0.471 e. The monoisotopic (exact) mass is 512 g/mol. The summed E-state index contributed by atoms with van der Waals surface area (Å²) in [6.45, 7) is -0.889. The average molecular weight is 512 g/mol. The van der Waals surface area contributed by atoms with E-state index < -0.39 is 55.5 Å². The predicted molar refractivity (Wildman–Crippen MR) is 116 cm³/mol. The lowest BCUT2D eigenvalue weighted by molar-refractivity contribution is -0.384. The van der Waals surface area contributed by atoms with Crippen molar-refractivity contribution in [2.24, 2.45) is 7.05 Å². The predicted octanol–water partition coefficient (Wildman–Crippen LogP) is 1.69. The molecule has 3 aromatic rings. The maximum absolute atomic E-state index is 13.2. The summed E-state index contributed by atoms with van der Waals surface area (Å²) in [5.74, 6) is -2.28. The molecular formula is C19H15F3N6O6S. The van der Waals surface area contributed by atoms with Crippen LogP contribution in [0.15, 0.2) is 40.4 Å². The van der Waals surface area contributed by atoms with E-state index in [1.54, 1.807) is 0 Å². The highest BCUT2D eigenvalue weighted by atomic mass is 32.2. The molecule has 1 amide bonds. The Morgan fingerprint density at radius 3 is 2.49 bits per heavy atom. The van der Waals surface area contributed by atoms with Gasteiger partial charge < -0.3 is 4.90 Å². The third kappa shape index (κ3) is 4.05. The second-order valence-electron chi connectivity index (χ2n) is 7.61. The molecule has 0 bridgehead atoms. The quantitative estimate of drug-likeness (QED) is 0.290. The molecule has 0 fully saturated rings. The number of sulfone groups is 1. The van der Waals surface area contributed by atoms with E-state index in [4.69, 9.17) is 0 Å². The molecule has 1 aliphatic rings. The number of hydrogen-bond donors (Lipinski definition) is 0. The molecule has 12 nitrogen and oxygen atoms in total. The van der Waals surface area contributed by atoms with Crippen molar-refractivity contribution < 1.29 is 31.3 Å². The Balaban J connectivity index is 1.94. The molecule has 0 spiro atoms. The first-order valence-corrected chi connectivity index (χ1v) is 11.6. The minimum atomic E-state index is -5.28. The van der Waals surface area contributed by atoms with Crippen LogP contribution in [0.5, 0.6) is 0 Å². The third-order valence-corrected chi connectivity index (χ3v) is 6.18. The zero-order valence-electron chi connectivity index (χ0n) is 18.0. The molecular weight excluding hydrogens is 497 g/mol. The lowest BCUT2D eigenvalue weighted by Crippen LogP contribution is -2.49. The van der Waals surface area contributed by atoms with Gasteiger partial charge in [0.2, 0.25) is 15.0 Å². The number of carbonyl (C=O) groups excluding carboxylic acids is 1.